The Kier molecular flexibility index (Phi) is 2.58. The first kappa shape index (κ1) is 10.8. The molecule has 2 aromatic rings. The van der Waals surface area contributed by atoms with Gasteiger partial charge in [0.25, 0.3) is 0 Å². The Bertz CT molecular complexity index is 545. The highest BCUT2D eigenvalue weighted by Crippen LogP contribution is 2.41. The molecule has 3 rings (SSSR count). The summed E-state index contributed by atoms with van der Waals surface area (Å²) in [7, 11) is 0. The Morgan fingerprint density at radius 1 is 1.50 bits per heavy atom. The highest BCUT2D eigenvalue weighted by atomic mass is 127. The van der Waals surface area contributed by atoms with E-state index in [0.29, 0.717) is 11.1 Å². The number of hydrogen-bond acceptors (Lipinski definition) is 2. The summed E-state index contributed by atoms with van der Waals surface area (Å²) in [5.41, 5.74) is 0.944. The van der Waals surface area contributed by atoms with Crippen LogP contribution in [0.25, 0.3) is 5.52 Å². The number of imidazole rings is 1. The third-order valence-corrected chi connectivity index (χ3v) is 4.26. The van der Waals surface area contributed by atoms with Crippen molar-refractivity contribution in [2.24, 2.45) is 5.92 Å². The molecule has 0 amide bonds. The predicted octanol–water partition coefficient (Wildman–Crippen LogP) is 3.50. The average molecular weight is 348 g/mol. The summed E-state index contributed by atoms with van der Waals surface area (Å²) in [4.78, 5) is 8.73. The first-order valence-corrected chi connectivity index (χ1v) is 6.80. The number of hydrogen-bond donors (Lipinski definition) is 0. The normalized spacial score (nSPS) is 24.7. The molecule has 2 heterocycles. The van der Waals surface area contributed by atoms with E-state index in [9.17, 15) is 0 Å². The van der Waals surface area contributed by atoms with Crippen LogP contribution in [0, 0.1) is 9.62 Å². The minimum atomic E-state index is 0.540. The number of halogens is 2. The predicted molar refractivity (Wildman–Crippen MR) is 71.9 cm³/mol. The molecule has 3 nitrogen and oxygen atoms in total. The van der Waals surface area contributed by atoms with Crippen molar-refractivity contribution >= 4 is 39.7 Å². The lowest BCUT2D eigenvalue weighted by molar-refractivity contribution is 0.277. The van der Waals surface area contributed by atoms with E-state index in [1.54, 1.807) is 6.20 Å². The van der Waals surface area contributed by atoms with E-state index in [2.05, 4.69) is 43.9 Å². The molecule has 5 heteroatoms. The molecular formula is C11H11ClIN3. The Hall–Kier alpha value is -0.360. The fourth-order valence-electron chi connectivity index (χ4n) is 2.38. The second-order valence-electron chi connectivity index (χ2n) is 4.47. The minimum Gasteiger partial charge on any atom is -0.298 e. The molecule has 0 N–H and O–H groups in total. The molecule has 0 radical (unpaired) electrons. The van der Waals surface area contributed by atoms with Crippen LogP contribution >= 0.6 is 34.2 Å². The van der Waals surface area contributed by atoms with Crippen LogP contribution in [0.1, 0.15) is 31.5 Å². The molecule has 0 spiro atoms. The third kappa shape index (κ3) is 1.54. The van der Waals surface area contributed by atoms with Crippen molar-refractivity contribution in [3.8, 4) is 0 Å². The van der Waals surface area contributed by atoms with Crippen molar-refractivity contribution in [3.63, 3.8) is 0 Å². The Morgan fingerprint density at radius 2 is 2.25 bits per heavy atom. The highest BCUT2D eigenvalue weighted by Gasteiger charge is 2.31. The molecule has 1 aliphatic rings. The maximum absolute atomic E-state index is 6.09. The SMILES string of the molecule is C[C@H]1C[C@H](c2nc(I)c3c(Cl)nccn32)C1. The summed E-state index contributed by atoms with van der Waals surface area (Å²) in [5.74, 6) is 2.55. The molecular weight excluding hydrogens is 336 g/mol. The summed E-state index contributed by atoms with van der Waals surface area (Å²) < 4.78 is 3.04. The van der Waals surface area contributed by atoms with Crippen molar-refractivity contribution in [2.75, 3.05) is 0 Å². The van der Waals surface area contributed by atoms with Crippen LogP contribution in [0.4, 0.5) is 0 Å². The van der Waals surface area contributed by atoms with Crippen molar-refractivity contribution in [2.45, 2.75) is 25.7 Å². The summed E-state index contributed by atoms with van der Waals surface area (Å²) in [6.07, 6.45) is 6.15. The first-order chi connectivity index (χ1) is 7.66. The van der Waals surface area contributed by atoms with Crippen LogP contribution in [0.3, 0.4) is 0 Å². The average Bonchev–Trinajstić information content (AvgIpc) is 2.53. The van der Waals surface area contributed by atoms with Crippen molar-refractivity contribution in [1.82, 2.24) is 14.4 Å². The highest BCUT2D eigenvalue weighted by molar-refractivity contribution is 14.1. The Morgan fingerprint density at radius 3 is 2.94 bits per heavy atom. The minimum absolute atomic E-state index is 0.540. The fraction of sp³-hybridized carbons (Fsp3) is 0.455. The lowest BCUT2D eigenvalue weighted by Gasteiger charge is -2.31. The van der Waals surface area contributed by atoms with E-state index in [-0.39, 0.29) is 0 Å². The Balaban J connectivity index is 2.16. The van der Waals surface area contributed by atoms with Crippen molar-refractivity contribution in [1.29, 1.82) is 0 Å². The van der Waals surface area contributed by atoms with Gasteiger partial charge in [-0.25, -0.2) is 9.97 Å². The van der Waals surface area contributed by atoms with E-state index in [4.69, 9.17) is 11.6 Å². The zero-order valence-corrected chi connectivity index (χ0v) is 11.7. The molecule has 1 fully saturated rings. The summed E-state index contributed by atoms with van der Waals surface area (Å²) in [5, 5.41) is 0.540. The van der Waals surface area contributed by atoms with Gasteiger partial charge in [-0.05, 0) is 41.4 Å². The molecule has 0 atom stereocenters. The quantitative estimate of drug-likeness (QED) is 0.739. The second kappa shape index (κ2) is 3.84. The van der Waals surface area contributed by atoms with Gasteiger partial charge in [0.1, 0.15) is 15.0 Å². The molecule has 16 heavy (non-hydrogen) atoms. The van der Waals surface area contributed by atoms with E-state index in [1.165, 1.54) is 12.8 Å². The van der Waals surface area contributed by atoms with Crippen LogP contribution < -0.4 is 0 Å². The van der Waals surface area contributed by atoms with Gasteiger partial charge < -0.3 is 0 Å². The molecule has 0 unspecified atom stereocenters. The number of rotatable bonds is 1. The van der Waals surface area contributed by atoms with Gasteiger partial charge in [-0.3, -0.25) is 4.40 Å². The smallest absolute Gasteiger partial charge is 0.155 e. The van der Waals surface area contributed by atoms with Crippen LogP contribution in [-0.4, -0.2) is 14.4 Å². The van der Waals surface area contributed by atoms with E-state index < -0.39 is 0 Å². The zero-order chi connectivity index (χ0) is 11.3. The van der Waals surface area contributed by atoms with Gasteiger partial charge in [0, 0.05) is 18.3 Å². The largest absolute Gasteiger partial charge is 0.298 e. The van der Waals surface area contributed by atoms with Crippen LogP contribution in [0.5, 0.6) is 0 Å². The van der Waals surface area contributed by atoms with Crippen LogP contribution in [0.15, 0.2) is 12.4 Å². The van der Waals surface area contributed by atoms with Gasteiger partial charge in [-0.2, -0.15) is 0 Å². The number of nitrogens with zero attached hydrogens (tertiary/aromatic N) is 3. The van der Waals surface area contributed by atoms with E-state index in [1.807, 2.05) is 6.20 Å². The van der Waals surface area contributed by atoms with Gasteiger partial charge >= 0.3 is 0 Å². The lowest BCUT2D eigenvalue weighted by atomic mass is 9.76. The lowest BCUT2D eigenvalue weighted by Crippen LogP contribution is -2.21. The van der Waals surface area contributed by atoms with E-state index >= 15 is 0 Å². The van der Waals surface area contributed by atoms with Gasteiger partial charge in [0.2, 0.25) is 0 Å². The molecule has 1 saturated carbocycles. The van der Waals surface area contributed by atoms with Crippen molar-refractivity contribution in [3.05, 3.63) is 27.1 Å². The number of fused-ring (bicyclic) bond motifs is 1. The second-order valence-corrected chi connectivity index (χ2v) is 5.85. The van der Waals surface area contributed by atoms with Crippen molar-refractivity contribution < 1.29 is 0 Å². The topological polar surface area (TPSA) is 30.2 Å². The van der Waals surface area contributed by atoms with Gasteiger partial charge in [-0.1, -0.05) is 18.5 Å². The maximum Gasteiger partial charge on any atom is 0.155 e. The molecule has 0 aromatic carbocycles. The zero-order valence-electron chi connectivity index (χ0n) is 8.82. The molecule has 84 valence electrons. The fourth-order valence-corrected chi connectivity index (χ4v) is 3.54. The monoisotopic (exact) mass is 347 g/mol. The Labute approximate surface area is 112 Å². The standard InChI is InChI=1S/C11H11ClIN3/c1-6-4-7(5-6)11-15-10(13)8-9(12)14-2-3-16(8)11/h2-3,6-7H,4-5H2,1H3/t6-,7-. The summed E-state index contributed by atoms with van der Waals surface area (Å²) >= 11 is 8.32. The molecule has 0 aliphatic heterocycles. The summed E-state index contributed by atoms with van der Waals surface area (Å²) in [6.45, 7) is 2.28. The number of aromatic nitrogens is 3. The molecule has 0 saturated heterocycles. The van der Waals surface area contributed by atoms with E-state index in [0.717, 1.165) is 21.0 Å². The maximum atomic E-state index is 6.09. The van der Waals surface area contributed by atoms with Gasteiger partial charge in [0.15, 0.2) is 5.15 Å². The first-order valence-electron chi connectivity index (χ1n) is 5.34. The summed E-state index contributed by atoms with van der Waals surface area (Å²) in [6, 6.07) is 0. The van der Waals surface area contributed by atoms with Gasteiger partial charge in [-0.15, -0.1) is 0 Å². The van der Waals surface area contributed by atoms with Crippen LogP contribution in [0.2, 0.25) is 5.15 Å². The van der Waals surface area contributed by atoms with Crippen LogP contribution in [-0.2, 0) is 0 Å². The van der Waals surface area contributed by atoms with Gasteiger partial charge in [0.05, 0.1) is 0 Å². The molecule has 0 bridgehead atoms. The molecule has 1 aliphatic carbocycles. The third-order valence-electron chi connectivity index (χ3n) is 3.23. The molecule has 2 aromatic heterocycles.